The first-order chi connectivity index (χ1) is 12.0. The summed E-state index contributed by atoms with van der Waals surface area (Å²) < 4.78 is 11.7. The summed E-state index contributed by atoms with van der Waals surface area (Å²) in [4.78, 5) is 14.5. The Kier molecular flexibility index (Phi) is 3.76. The van der Waals surface area contributed by atoms with Crippen LogP contribution in [0, 0.1) is 0 Å². The second-order valence-electron chi connectivity index (χ2n) is 6.43. The quantitative estimate of drug-likeness (QED) is 0.878. The number of hydrogen-bond acceptors (Lipinski definition) is 3. The fourth-order valence-corrected chi connectivity index (χ4v) is 3.77. The maximum absolute atomic E-state index is 12.8. The van der Waals surface area contributed by atoms with Gasteiger partial charge in [-0.25, -0.2) is 4.79 Å². The number of nitrogens with one attached hydrogen (secondary N) is 1. The van der Waals surface area contributed by atoms with E-state index in [0.29, 0.717) is 18.1 Å². The molecule has 4 rings (SSSR count). The molecule has 0 spiro atoms. The number of halogens is 1. The van der Waals surface area contributed by atoms with Crippen LogP contribution in [0.4, 0.5) is 10.5 Å². The number of nitrogens with zero attached hydrogens (tertiary/aromatic N) is 1. The molecule has 2 aromatic rings. The minimum atomic E-state index is -0.763. The summed E-state index contributed by atoms with van der Waals surface area (Å²) in [6, 6.07) is 12.7. The Morgan fingerprint density at radius 3 is 2.80 bits per heavy atom. The van der Waals surface area contributed by atoms with E-state index in [1.165, 1.54) is 0 Å². The summed E-state index contributed by atoms with van der Waals surface area (Å²) in [6.07, 6.45) is 0.638. The van der Waals surface area contributed by atoms with Crippen molar-refractivity contribution in [2.24, 2.45) is 0 Å². The van der Waals surface area contributed by atoms with Crippen molar-refractivity contribution in [1.82, 2.24) is 5.32 Å². The summed E-state index contributed by atoms with van der Waals surface area (Å²) in [5, 5.41) is 3.70. The predicted molar refractivity (Wildman–Crippen MR) is 96.5 cm³/mol. The second-order valence-corrected chi connectivity index (χ2v) is 6.86. The molecule has 2 amide bonds. The van der Waals surface area contributed by atoms with Gasteiger partial charge in [0.05, 0.1) is 12.6 Å². The molecule has 25 heavy (non-hydrogen) atoms. The average Bonchev–Trinajstić information content (AvgIpc) is 2.57. The topological polar surface area (TPSA) is 50.8 Å². The Hall–Kier alpha value is -2.40. The lowest BCUT2D eigenvalue weighted by Gasteiger charge is -2.50. The molecule has 0 radical (unpaired) electrons. The molecule has 2 heterocycles. The van der Waals surface area contributed by atoms with Crippen molar-refractivity contribution in [3.05, 3.63) is 53.1 Å². The molecular formula is C19H19ClN2O3. The maximum atomic E-state index is 12.8. The van der Waals surface area contributed by atoms with Gasteiger partial charge in [0.25, 0.3) is 0 Å². The molecule has 130 valence electrons. The van der Waals surface area contributed by atoms with Crippen LogP contribution in [0.15, 0.2) is 42.5 Å². The summed E-state index contributed by atoms with van der Waals surface area (Å²) in [7, 11) is 0. The first-order valence-electron chi connectivity index (χ1n) is 8.32. The van der Waals surface area contributed by atoms with Gasteiger partial charge >= 0.3 is 6.03 Å². The highest BCUT2D eigenvalue weighted by Gasteiger charge is 2.49. The molecule has 5 nitrogen and oxygen atoms in total. The molecule has 2 aromatic carbocycles. The van der Waals surface area contributed by atoms with E-state index < -0.39 is 5.72 Å². The summed E-state index contributed by atoms with van der Waals surface area (Å²) >= 11 is 6.10. The van der Waals surface area contributed by atoms with E-state index in [9.17, 15) is 4.79 Å². The lowest BCUT2D eigenvalue weighted by molar-refractivity contribution is 0.0379. The Balaban J connectivity index is 1.71. The first kappa shape index (κ1) is 16.1. The van der Waals surface area contributed by atoms with Gasteiger partial charge in [-0.3, -0.25) is 4.90 Å². The largest absolute Gasteiger partial charge is 0.494 e. The van der Waals surface area contributed by atoms with E-state index in [-0.39, 0.29) is 12.1 Å². The van der Waals surface area contributed by atoms with Crippen molar-refractivity contribution < 1.29 is 14.3 Å². The molecule has 2 aliphatic rings. The molecule has 0 saturated carbocycles. The van der Waals surface area contributed by atoms with E-state index in [1.54, 1.807) is 11.0 Å². The smallest absolute Gasteiger partial charge is 0.325 e. The number of rotatable bonds is 3. The molecular weight excluding hydrogens is 340 g/mol. The van der Waals surface area contributed by atoms with E-state index in [0.717, 1.165) is 22.7 Å². The molecule has 2 aliphatic heterocycles. The van der Waals surface area contributed by atoms with E-state index in [2.05, 4.69) is 5.32 Å². The summed E-state index contributed by atoms with van der Waals surface area (Å²) in [6.45, 7) is 4.48. The fourth-order valence-electron chi connectivity index (χ4n) is 3.59. The summed E-state index contributed by atoms with van der Waals surface area (Å²) in [5.41, 5.74) is 0.921. The van der Waals surface area contributed by atoms with Gasteiger partial charge in [0, 0.05) is 22.7 Å². The van der Waals surface area contributed by atoms with Crippen LogP contribution < -0.4 is 19.7 Å². The van der Waals surface area contributed by atoms with Crippen LogP contribution >= 0.6 is 11.6 Å². The van der Waals surface area contributed by atoms with Crippen molar-refractivity contribution >= 4 is 23.3 Å². The zero-order valence-electron chi connectivity index (χ0n) is 14.1. The lowest BCUT2D eigenvalue weighted by atomic mass is 9.90. The van der Waals surface area contributed by atoms with Gasteiger partial charge in [0.15, 0.2) is 5.72 Å². The molecule has 1 saturated heterocycles. The summed E-state index contributed by atoms with van der Waals surface area (Å²) in [5.74, 6) is 1.52. The third-order valence-corrected chi connectivity index (χ3v) is 4.87. The SMILES string of the molecule is CCOc1ccc(N2C(=O)N[C@H]3C[C@@]2(C)Oc2ccc(Cl)cc23)cc1. The van der Waals surface area contributed by atoms with Gasteiger partial charge in [-0.15, -0.1) is 0 Å². The minimum absolute atomic E-state index is 0.112. The van der Waals surface area contributed by atoms with E-state index in [4.69, 9.17) is 21.1 Å². The van der Waals surface area contributed by atoms with E-state index >= 15 is 0 Å². The molecule has 1 fully saturated rings. The zero-order chi connectivity index (χ0) is 17.6. The van der Waals surface area contributed by atoms with Crippen molar-refractivity contribution in [2.45, 2.75) is 32.0 Å². The highest BCUT2D eigenvalue weighted by molar-refractivity contribution is 6.30. The Morgan fingerprint density at radius 1 is 1.32 bits per heavy atom. The number of urea groups is 1. The molecule has 0 unspecified atom stereocenters. The number of hydrogen-bond donors (Lipinski definition) is 1. The maximum Gasteiger partial charge on any atom is 0.325 e. The van der Waals surface area contributed by atoms with Crippen LogP contribution in [-0.2, 0) is 0 Å². The van der Waals surface area contributed by atoms with Gasteiger partial charge in [-0.1, -0.05) is 11.6 Å². The molecule has 1 N–H and O–H groups in total. The fraction of sp³-hybridized carbons (Fsp3) is 0.316. The number of amides is 2. The standard InChI is InChI=1S/C19H19ClN2O3/c1-3-24-14-7-5-13(6-8-14)22-18(23)21-16-11-19(22,2)25-17-9-4-12(20)10-15(16)17/h4-10,16H,3,11H2,1-2H3,(H,21,23)/t16-,19+/m0/s1. The monoisotopic (exact) mass is 358 g/mol. The van der Waals surface area contributed by atoms with Crippen molar-refractivity contribution in [2.75, 3.05) is 11.5 Å². The molecule has 0 aliphatic carbocycles. The van der Waals surface area contributed by atoms with Gasteiger partial charge in [0.1, 0.15) is 11.5 Å². The van der Waals surface area contributed by atoms with Crippen molar-refractivity contribution in [1.29, 1.82) is 0 Å². The predicted octanol–water partition coefficient (Wildman–Crippen LogP) is 4.51. The zero-order valence-corrected chi connectivity index (χ0v) is 14.8. The molecule has 6 heteroatoms. The van der Waals surface area contributed by atoms with Crippen LogP contribution in [-0.4, -0.2) is 18.4 Å². The highest BCUT2D eigenvalue weighted by Crippen LogP contribution is 2.46. The average molecular weight is 359 g/mol. The third-order valence-electron chi connectivity index (χ3n) is 4.64. The number of carbonyl (C=O) groups excluding carboxylic acids is 1. The minimum Gasteiger partial charge on any atom is -0.494 e. The van der Waals surface area contributed by atoms with E-state index in [1.807, 2.05) is 50.2 Å². The Morgan fingerprint density at radius 2 is 2.08 bits per heavy atom. The van der Waals surface area contributed by atoms with Crippen molar-refractivity contribution in [3.8, 4) is 11.5 Å². The van der Waals surface area contributed by atoms with Crippen LogP contribution in [0.5, 0.6) is 11.5 Å². The van der Waals surface area contributed by atoms with Crippen LogP contribution in [0.25, 0.3) is 0 Å². The number of carbonyl (C=O) groups is 1. The first-order valence-corrected chi connectivity index (χ1v) is 8.70. The van der Waals surface area contributed by atoms with Gasteiger partial charge in [0.2, 0.25) is 0 Å². The number of ether oxygens (including phenoxy) is 2. The number of fused-ring (bicyclic) bond motifs is 4. The number of benzene rings is 2. The van der Waals surface area contributed by atoms with Gasteiger partial charge < -0.3 is 14.8 Å². The van der Waals surface area contributed by atoms with Crippen LogP contribution in [0.2, 0.25) is 5.02 Å². The molecule has 2 bridgehead atoms. The highest BCUT2D eigenvalue weighted by atomic mass is 35.5. The van der Waals surface area contributed by atoms with Gasteiger partial charge in [-0.05, 0) is 56.3 Å². The van der Waals surface area contributed by atoms with Crippen LogP contribution in [0.3, 0.4) is 0 Å². The normalized spacial score (nSPS) is 24.2. The lowest BCUT2D eigenvalue weighted by Crippen LogP contribution is -2.65. The number of anilines is 1. The second kappa shape index (κ2) is 5.85. The van der Waals surface area contributed by atoms with Crippen molar-refractivity contribution in [3.63, 3.8) is 0 Å². The Labute approximate surface area is 151 Å². The third kappa shape index (κ3) is 2.68. The van der Waals surface area contributed by atoms with Crippen LogP contribution in [0.1, 0.15) is 31.9 Å². The Bertz CT molecular complexity index is 824. The molecule has 2 atom stereocenters. The molecule has 0 aromatic heterocycles. The van der Waals surface area contributed by atoms with Gasteiger partial charge in [-0.2, -0.15) is 0 Å².